The average molecular weight is 231 g/mol. The molecule has 0 radical (unpaired) electrons. The van der Waals surface area contributed by atoms with E-state index in [-0.39, 0.29) is 0 Å². The van der Waals surface area contributed by atoms with E-state index in [1.807, 2.05) is 0 Å². The number of fused-ring (bicyclic) bond motifs is 1. The maximum Gasteiger partial charge on any atom is 0.0406 e. The molecule has 0 amide bonds. The molecule has 17 heavy (non-hydrogen) atoms. The van der Waals surface area contributed by atoms with Gasteiger partial charge in [0.15, 0.2) is 0 Å². The van der Waals surface area contributed by atoms with Crippen molar-refractivity contribution in [1.29, 1.82) is 0 Å². The topological polar surface area (TPSA) is 12.0 Å². The Balaban J connectivity index is 2.17. The third-order valence-corrected chi connectivity index (χ3v) is 4.23. The summed E-state index contributed by atoms with van der Waals surface area (Å²) >= 11 is 0. The Morgan fingerprint density at radius 2 is 2.18 bits per heavy atom. The first-order valence-corrected chi connectivity index (χ1v) is 7.11. The van der Waals surface area contributed by atoms with Gasteiger partial charge in [-0.1, -0.05) is 51.3 Å². The van der Waals surface area contributed by atoms with Gasteiger partial charge in [0.05, 0.1) is 0 Å². The Bertz CT molecular complexity index is 370. The van der Waals surface area contributed by atoms with Crippen molar-refractivity contribution in [3.05, 3.63) is 29.3 Å². The molecule has 1 N–H and O–H groups in total. The van der Waals surface area contributed by atoms with E-state index in [4.69, 9.17) is 0 Å². The third kappa shape index (κ3) is 2.48. The number of aryl methyl sites for hydroxylation is 1. The number of rotatable bonds is 5. The van der Waals surface area contributed by atoms with E-state index in [9.17, 15) is 0 Å². The van der Waals surface area contributed by atoms with E-state index >= 15 is 0 Å². The molecule has 0 saturated carbocycles. The van der Waals surface area contributed by atoms with Crippen LogP contribution >= 0.6 is 0 Å². The van der Waals surface area contributed by atoms with Crippen LogP contribution in [0.15, 0.2) is 18.2 Å². The van der Waals surface area contributed by atoms with Crippen molar-refractivity contribution in [3.63, 3.8) is 0 Å². The number of hydrogen-bond acceptors (Lipinski definition) is 1. The minimum atomic E-state index is 0.737. The Hall–Kier alpha value is -0.980. The summed E-state index contributed by atoms with van der Waals surface area (Å²) in [4.78, 5) is 0. The molecule has 1 nitrogen and oxygen atoms in total. The first-order chi connectivity index (χ1) is 8.27. The number of anilines is 1. The second-order valence-electron chi connectivity index (χ2n) is 5.34. The highest BCUT2D eigenvalue weighted by Crippen LogP contribution is 2.40. The zero-order valence-electron chi connectivity index (χ0n) is 11.4. The van der Waals surface area contributed by atoms with E-state index in [1.54, 1.807) is 5.56 Å². The monoisotopic (exact) mass is 231 g/mol. The molecule has 0 aliphatic carbocycles. The molecule has 1 heteroatoms. The lowest BCUT2D eigenvalue weighted by Crippen LogP contribution is -2.14. The van der Waals surface area contributed by atoms with Crippen LogP contribution in [-0.4, -0.2) is 6.54 Å². The average Bonchev–Trinajstić information content (AvgIpc) is 2.76. The van der Waals surface area contributed by atoms with Crippen LogP contribution in [0.2, 0.25) is 0 Å². The Morgan fingerprint density at radius 3 is 2.88 bits per heavy atom. The number of benzene rings is 1. The highest BCUT2D eigenvalue weighted by Gasteiger charge is 2.28. The van der Waals surface area contributed by atoms with Crippen LogP contribution in [0.1, 0.15) is 56.6 Å². The molecule has 2 rings (SSSR count). The normalized spacial score (nSPS) is 19.8. The maximum absolute atomic E-state index is 3.61. The summed E-state index contributed by atoms with van der Waals surface area (Å²) in [5.74, 6) is 1.59. The van der Waals surface area contributed by atoms with Crippen LogP contribution in [0.3, 0.4) is 0 Å². The molecular formula is C16H25N. The molecule has 2 atom stereocenters. The summed E-state index contributed by atoms with van der Waals surface area (Å²) < 4.78 is 0. The van der Waals surface area contributed by atoms with E-state index in [2.05, 4.69) is 44.3 Å². The van der Waals surface area contributed by atoms with Gasteiger partial charge in [-0.3, -0.25) is 0 Å². The molecule has 0 aromatic heterocycles. The lowest BCUT2D eigenvalue weighted by Gasteiger charge is -2.22. The van der Waals surface area contributed by atoms with Gasteiger partial charge in [-0.05, 0) is 30.4 Å². The Labute approximate surface area is 106 Å². The Morgan fingerprint density at radius 1 is 1.35 bits per heavy atom. The van der Waals surface area contributed by atoms with Gasteiger partial charge >= 0.3 is 0 Å². The van der Waals surface area contributed by atoms with Crippen LogP contribution in [0.25, 0.3) is 0 Å². The van der Waals surface area contributed by atoms with E-state index in [0.717, 1.165) is 18.4 Å². The quantitative estimate of drug-likeness (QED) is 0.773. The predicted molar refractivity (Wildman–Crippen MR) is 75.7 cm³/mol. The smallest absolute Gasteiger partial charge is 0.0406 e. The lowest BCUT2D eigenvalue weighted by atomic mass is 9.82. The number of unbranched alkanes of at least 4 members (excludes halogenated alkanes) is 1. The first kappa shape index (κ1) is 12.5. The van der Waals surface area contributed by atoms with Gasteiger partial charge in [-0.25, -0.2) is 0 Å². The molecule has 1 heterocycles. The van der Waals surface area contributed by atoms with Crippen molar-refractivity contribution in [1.82, 2.24) is 0 Å². The van der Waals surface area contributed by atoms with Crippen molar-refractivity contribution in [2.75, 3.05) is 11.9 Å². The van der Waals surface area contributed by atoms with Crippen LogP contribution in [0.5, 0.6) is 0 Å². The van der Waals surface area contributed by atoms with Gasteiger partial charge in [0.25, 0.3) is 0 Å². The molecule has 0 bridgehead atoms. The molecule has 0 spiro atoms. The minimum absolute atomic E-state index is 0.737. The summed E-state index contributed by atoms with van der Waals surface area (Å²) in [5, 5.41) is 3.61. The van der Waals surface area contributed by atoms with Crippen molar-refractivity contribution in [2.24, 2.45) is 5.92 Å². The standard InChI is InChI=1S/C16H25N/c1-4-6-9-13(5-2)15-11-17-16-12(3)8-7-10-14(15)16/h7-8,10,13,15,17H,4-6,9,11H2,1-3H3. The van der Waals surface area contributed by atoms with E-state index in [0.29, 0.717) is 0 Å². The molecule has 94 valence electrons. The molecular weight excluding hydrogens is 206 g/mol. The first-order valence-electron chi connectivity index (χ1n) is 7.11. The number of nitrogens with one attached hydrogen (secondary N) is 1. The van der Waals surface area contributed by atoms with Crippen LogP contribution in [-0.2, 0) is 0 Å². The second kappa shape index (κ2) is 5.57. The SMILES string of the molecule is CCCCC(CC)C1CNc2c(C)cccc21. The summed E-state index contributed by atoms with van der Waals surface area (Å²) in [6.07, 6.45) is 5.37. The molecule has 0 fully saturated rings. The minimum Gasteiger partial charge on any atom is -0.384 e. The van der Waals surface area contributed by atoms with Crippen molar-refractivity contribution >= 4 is 5.69 Å². The zero-order chi connectivity index (χ0) is 12.3. The van der Waals surface area contributed by atoms with Crippen LogP contribution in [0, 0.1) is 12.8 Å². The molecule has 0 saturated heterocycles. The molecule has 1 aromatic carbocycles. The summed E-state index contributed by atoms with van der Waals surface area (Å²) in [5.41, 5.74) is 4.37. The third-order valence-electron chi connectivity index (χ3n) is 4.23. The highest BCUT2D eigenvalue weighted by atomic mass is 14.9. The lowest BCUT2D eigenvalue weighted by molar-refractivity contribution is 0.389. The van der Waals surface area contributed by atoms with Crippen LogP contribution < -0.4 is 5.32 Å². The van der Waals surface area contributed by atoms with Gasteiger partial charge in [-0.2, -0.15) is 0 Å². The summed E-state index contributed by atoms with van der Waals surface area (Å²) in [6, 6.07) is 6.74. The van der Waals surface area contributed by atoms with E-state index in [1.165, 1.54) is 36.9 Å². The number of para-hydroxylation sites is 1. The molecule has 2 unspecified atom stereocenters. The largest absolute Gasteiger partial charge is 0.384 e. The summed E-state index contributed by atoms with van der Waals surface area (Å²) in [7, 11) is 0. The Kier molecular flexibility index (Phi) is 4.09. The molecule has 1 aliphatic rings. The van der Waals surface area contributed by atoms with Crippen molar-refractivity contribution < 1.29 is 0 Å². The van der Waals surface area contributed by atoms with Gasteiger partial charge in [0.1, 0.15) is 0 Å². The van der Waals surface area contributed by atoms with Gasteiger partial charge in [0.2, 0.25) is 0 Å². The highest BCUT2D eigenvalue weighted by molar-refractivity contribution is 5.62. The van der Waals surface area contributed by atoms with Crippen molar-refractivity contribution in [3.8, 4) is 0 Å². The molecule has 1 aliphatic heterocycles. The summed E-state index contributed by atoms with van der Waals surface area (Å²) in [6.45, 7) is 7.98. The second-order valence-corrected chi connectivity index (χ2v) is 5.34. The fourth-order valence-corrected chi connectivity index (χ4v) is 3.14. The van der Waals surface area contributed by atoms with E-state index < -0.39 is 0 Å². The van der Waals surface area contributed by atoms with Gasteiger partial charge in [-0.15, -0.1) is 0 Å². The zero-order valence-corrected chi connectivity index (χ0v) is 11.4. The fourth-order valence-electron chi connectivity index (χ4n) is 3.14. The fraction of sp³-hybridized carbons (Fsp3) is 0.625. The molecule has 1 aromatic rings. The van der Waals surface area contributed by atoms with Crippen LogP contribution in [0.4, 0.5) is 5.69 Å². The van der Waals surface area contributed by atoms with Gasteiger partial charge in [0, 0.05) is 18.2 Å². The van der Waals surface area contributed by atoms with Gasteiger partial charge < -0.3 is 5.32 Å². The number of hydrogen-bond donors (Lipinski definition) is 1. The maximum atomic E-state index is 3.61. The predicted octanol–water partition coefficient (Wildman–Crippen LogP) is 4.72. The van der Waals surface area contributed by atoms with Crippen molar-refractivity contribution in [2.45, 2.75) is 52.4 Å².